The van der Waals surface area contributed by atoms with Crippen LogP contribution in [0.4, 0.5) is 11.5 Å². The van der Waals surface area contributed by atoms with E-state index < -0.39 is 0 Å². The van der Waals surface area contributed by atoms with Crippen LogP contribution in [0.5, 0.6) is 0 Å². The normalized spacial score (nSPS) is 22.1. The predicted octanol–water partition coefficient (Wildman–Crippen LogP) is 4.55. The quantitative estimate of drug-likeness (QED) is 0.552. The highest BCUT2D eigenvalue weighted by Gasteiger charge is 2.29. The van der Waals surface area contributed by atoms with Gasteiger partial charge >= 0.3 is 5.97 Å². The number of carbonyl (C=O) groups excluding carboxylic acids is 3. The number of nitrogens with one attached hydrogen (secondary N) is 1. The Kier molecular flexibility index (Phi) is 8.67. The predicted molar refractivity (Wildman–Crippen MR) is 145 cm³/mol. The van der Waals surface area contributed by atoms with Gasteiger partial charge in [0.1, 0.15) is 5.82 Å². The molecule has 3 unspecified atom stereocenters. The van der Waals surface area contributed by atoms with Crippen LogP contribution in [0.15, 0.2) is 24.3 Å². The van der Waals surface area contributed by atoms with Gasteiger partial charge in [0.15, 0.2) is 0 Å². The van der Waals surface area contributed by atoms with Crippen molar-refractivity contribution in [3.63, 3.8) is 0 Å². The number of carbonyl (C=O) groups is 3. The van der Waals surface area contributed by atoms with Crippen LogP contribution in [0.2, 0.25) is 0 Å². The molecule has 2 aliphatic heterocycles. The van der Waals surface area contributed by atoms with Gasteiger partial charge in [-0.3, -0.25) is 14.4 Å². The summed E-state index contributed by atoms with van der Waals surface area (Å²) in [6.07, 6.45) is 2.97. The third-order valence-electron chi connectivity index (χ3n) is 7.44. The zero-order chi connectivity index (χ0) is 26.5. The van der Waals surface area contributed by atoms with Gasteiger partial charge < -0.3 is 19.9 Å². The van der Waals surface area contributed by atoms with Crippen LogP contribution in [0.1, 0.15) is 58.4 Å². The fraction of sp³-hybridized carbons (Fsp3) is 0.586. The van der Waals surface area contributed by atoms with E-state index in [1.54, 1.807) is 11.8 Å². The third-order valence-corrected chi connectivity index (χ3v) is 7.44. The van der Waals surface area contributed by atoms with Gasteiger partial charge in [0.2, 0.25) is 11.8 Å². The summed E-state index contributed by atoms with van der Waals surface area (Å²) >= 11 is 0. The molecule has 200 valence electrons. The number of fused-ring (bicyclic) bond motifs is 1. The number of nitrogens with zero attached hydrogens (tertiary/aromatic N) is 3. The summed E-state index contributed by atoms with van der Waals surface area (Å²) < 4.78 is 5.11. The monoisotopic (exact) mass is 508 g/mol. The van der Waals surface area contributed by atoms with Crippen molar-refractivity contribution in [2.75, 3.05) is 43.0 Å². The molecule has 8 heteroatoms. The maximum Gasteiger partial charge on any atom is 0.310 e. The van der Waals surface area contributed by atoms with Gasteiger partial charge in [-0.05, 0) is 74.8 Å². The molecule has 2 aliphatic rings. The van der Waals surface area contributed by atoms with E-state index in [0.717, 1.165) is 48.2 Å². The number of likely N-dealkylation sites (tertiary alicyclic amines) is 1. The Labute approximate surface area is 219 Å². The molecule has 1 aromatic heterocycles. The number of ether oxygens (including phenoxy) is 1. The molecule has 0 radical (unpaired) electrons. The minimum Gasteiger partial charge on any atom is -0.466 e. The van der Waals surface area contributed by atoms with Crippen molar-refractivity contribution < 1.29 is 19.1 Å². The van der Waals surface area contributed by atoms with Gasteiger partial charge in [0.05, 0.1) is 18.0 Å². The largest absolute Gasteiger partial charge is 0.466 e. The first-order valence-corrected chi connectivity index (χ1v) is 13.6. The number of pyridine rings is 1. The van der Waals surface area contributed by atoms with E-state index in [1.807, 2.05) is 18.2 Å². The second-order valence-electron chi connectivity index (χ2n) is 10.9. The van der Waals surface area contributed by atoms with Crippen LogP contribution in [-0.4, -0.2) is 60.5 Å². The Bertz CT molecular complexity index is 1140. The summed E-state index contributed by atoms with van der Waals surface area (Å²) in [7, 11) is 0. The molecule has 0 bridgehead atoms. The molecule has 2 aromatic rings. The van der Waals surface area contributed by atoms with Crippen LogP contribution >= 0.6 is 0 Å². The van der Waals surface area contributed by atoms with Gasteiger partial charge in [-0.15, -0.1) is 0 Å². The molecule has 1 aromatic carbocycles. The summed E-state index contributed by atoms with van der Waals surface area (Å²) in [5.74, 6) is 1.50. The summed E-state index contributed by atoms with van der Waals surface area (Å²) in [4.78, 5) is 46.3. The third kappa shape index (κ3) is 6.79. The first-order valence-electron chi connectivity index (χ1n) is 13.6. The molecule has 0 aliphatic carbocycles. The van der Waals surface area contributed by atoms with Gasteiger partial charge in [-0.25, -0.2) is 4.98 Å². The number of aromatic nitrogens is 1. The zero-order valence-electron chi connectivity index (χ0n) is 22.6. The SMILES string of the molecule is CCOC(=O)C1CCCN(C(=O)CCC(=O)Nc2ccc3nc(N4CC(C)CC(C)C4)cc(C)c3c2)C1. The highest BCUT2D eigenvalue weighted by molar-refractivity contribution is 5.96. The van der Waals surface area contributed by atoms with E-state index in [1.165, 1.54) is 6.42 Å². The summed E-state index contributed by atoms with van der Waals surface area (Å²) in [6, 6.07) is 7.91. The summed E-state index contributed by atoms with van der Waals surface area (Å²) in [5, 5.41) is 3.94. The van der Waals surface area contributed by atoms with Crippen LogP contribution < -0.4 is 10.2 Å². The smallest absolute Gasteiger partial charge is 0.310 e. The Morgan fingerprint density at radius 2 is 1.84 bits per heavy atom. The van der Waals surface area contributed by atoms with E-state index in [2.05, 4.69) is 37.1 Å². The highest BCUT2D eigenvalue weighted by Crippen LogP contribution is 2.29. The number of amides is 2. The molecule has 3 atom stereocenters. The Morgan fingerprint density at radius 1 is 1.08 bits per heavy atom. The summed E-state index contributed by atoms with van der Waals surface area (Å²) in [6.45, 7) is 11.8. The molecule has 0 saturated carbocycles. The molecule has 4 rings (SSSR count). The van der Waals surface area contributed by atoms with Crippen LogP contribution in [-0.2, 0) is 19.1 Å². The Hall–Kier alpha value is -3.16. The molecule has 2 saturated heterocycles. The molecular weight excluding hydrogens is 468 g/mol. The molecule has 2 fully saturated rings. The van der Waals surface area contributed by atoms with Crippen molar-refractivity contribution in [3.8, 4) is 0 Å². The number of aryl methyl sites for hydroxylation is 1. The molecule has 8 nitrogen and oxygen atoms in total. The topological polar surface area (TPSA) is 91.8 Å². The first kappa shape index (κ1) is 26.9. The minimum absolute atomic E-state index is 0.0962. The lowest BCUT2D eigenvalue weighted by molar-refractivity contribution is -0.151. The van der Waals surface area contributed by atoms with Crippen molar-refractivity contribution in [2.45, 2.75) is 59.8 Å². The molecular formula is C29H40N4O4. The Morgan fingerprint density at radius 3 is 2.57 bits per heavy atom. The lowest BCUT2D eigenvalue weighted by Gasteiger charge is -2.36. The van der Waals surface area contributed by atoms with Crippen molar-refractivity contribution in [2.24, 2.45) is 17.8 Å². The number of anilines is 2. The average Bonchev–Trinajstić information content (AvgIpc) is 2.87. The van der Waals surface area contributed by atoms with E-state index in [4.69, 9.17) is 9.72 Å². The number of hydrogen-bond donors (Lipinski definition) is 1. The van der Waals surface area contributed by atoms with Crippen molar-refractivity contribution in [1.29, 1.82) is 0 Å². The van der Waals surface area contributed by atoms with Crippen LogP contribution in [0.3, 0.4) is 0 Å². The minimum atomic E-state index is -0.275. The number of hydrogen-bond acceptors (Lipinski definition) is 6. The average molecular weight is 509 g/mol. The van der Waals surface area contributed by atoms with Crippen molar-refractivity contribution >= 4 is 40.2 Å². The van der Waals surface area contributed by atoms with E-state index in [-0.39, 0.29) is 36.5 Å². The highest BCUT2D eigenvalue weighted by atomic mass is 16.5. The second-order valence-corrected chi connectivity index (χ2v) is 10.9. The lowest BCUT2D eigenvalue weighted by Crippen LogP contribution is -2.43. The number of piperidine rings is 2. The number of esters is 1. The van der Waals surface area contributed by atoms with Gasteiger partial charge in [0.25, 0.3) is 0 Å². The van der Waals surface area contributed by atoms with E-state index >= 15 is 0 Å². The van der Waals surface area contributed by atoms with Crippen molar-refractivity contribution in [3.05, 3.63) is 29.8 Å². The van der Waals surface area contributed by atoms with Crippen molar-refractivity contribution in [1.82, 2.24) is 9.88 Å². The molecule has 0 spiro atoms. The molecule has 37 heavy (non-hydrogen) atoms. The van der Waals surface area contributed by atoms with Crippen LogP contribution in [0.25, 0.3) is 10.9 Å². The van der Waals surface area contributed by atoms with Gasteiger partial charge in [-0.2, -0.15) is 0 Å². The summed E-state index contributed by atoms with van der Waals surface area (Å²) in [5.41, 5.74) is 2.73. The molecule has 1 N–H and O–H groups in total. The van der Waals surface area contributed by atoms with Gasteiger partial charge in [0, 0.05) is 50.1 Å². The van der Waals surface area contributed by atoms with E-state index in [0.29, 0.717) is 37.2 Å². The number of benzene rings is 1. The zero-order valence-corrected chi connectivity index (χ0v) is 22.6. The maximum atomic E-state index is 12.7. The van der Waals surface area contributed by atoms with Gasteiger partial charge in [-0.1, -0.05) is 13.8 Å². The fourth-order valence-electron chi connectivity index (χ4n) is 5.72. The second kappa shape index (κ2) is 11.9. The van der Waals surface area contributed by atoms with Crippen LogP contribution in [0, 0.1) is 24.7 Å². The Balaban J connectivity index is 1.34. The maximum absolute atomic E-state index is 12.7. The number of rotatable bonds is 7. The van der Waals surface area contributed by atoms with E-state index in [9.17, 15) is 14.4 Å². The molecule has 3 heterocycles. The fourth-order valence-corrected chi connectivity index (χ4v) is 5.72. The molecule has 2 amide bonds. The lowest BCUT2D eigenvalue weighted by atomic mass is 9.92. The standard InChI is InChI=1S/C29H40N4O4/c1-5-37-29(36)22-7-6-12-32(18-22)28(35)11-10-27(34)30-23-8-9-25-24(15-23)21(4)14-26(31-25)33-16-19(2)13-20(3)17-33/h8-9,14-15,19-20,22H,5-7,10-13,16-18H2,1-4H3,(H,30,34). The first-order chi connectivity index (χ1) is 17.7.